The van der Waals surface area contributed by atoms with Gasteiger partial charge in [0, 0.05) is 6.93 Å². The van der Waals surface area contributed by atoms with Crippen LogP contribution in [0.5, 0.6) is 5.75 Å². The normalized spacial score (nSPS) is 15.0. The molecule has 146 valence electrons. The van der Waals surface area contributed by atoms with E-state index in [1.165, 1.54) is 31.4 Å². The number of amides is 1. The van der Waals surface area contributed by atoms with Crippen LogP contribution in [0.15, 0.2) is 24.3 Å². The van der Waals surface area contributed by atoms with Crippen LogP contribution in [0, 0.1) is 0 Å². The molecule has 0 heterocycles. The third kappa shape index (κ3) is 5.04. The topological polar surface area (TPSA) is 130 Å². The Kier molecular flexibility index (Phi) is 7.16. The Bertz CT molecular complexity index is 773. The van der Waals surface area contributed by atoms with Crippen LogP contribution in [0.2, 0.25) is 0 Å². The first-order valence-electron chi connectivity index (χ1n) is 8.97. The number of sulfone groups is 1. The molecule has 0 aliphatic rings. The zero-order valence-corrected chi connectivity index (χ0v) is 16.3. The lowest BCUT2D eigenvalue weighted by molar-refractivity contribution is -0.120. The number of hydrogen-bond donors (Lipinski definition) is 2. The Morgan fingerprint density at radius 3 is 2.08 bits per heavy atom. The van der Waals surface area contributed by atoms with E-state index in [0.717, 1.165) is 0 Å². The number of rotatable bonds is 11. The quantitative estimate of drug-likeness (QED) is 0.438. The summed E-state index contributed by atoms with van der Waals surface area (Å²) in [5.74, 6) is -2.68. The standard InChI is InChI=1S/C18H28N2O5S/c1-4-6-15(7-5-2)26(23,24)12-18(20,17(19)22)16(21)13-8-10-14(25-3)11-9-13/h8-11,15H,4-7,12,20H2,1-3H3,(H2,19,22)/t18-/m1/s1/i15D. The van der Waals surface area contributed by atoms with Crippen molar-refractivity contribution >= 4 is 21.5 Å². The maximum Gasteiger partial charge on any atom is 0.246 e. The Balaban J connectivity index is 3.32. The smallest absolute Gasteiger partial charge is 0.246 e. The van der Waals surface area contributed by atoms with Crippen LogP contribution in [0.3, 0.4) is 0 Å². The SMILES string of the molecule is [2H]C(CCC)(CCC)S(=O)(=O)C[C@](N)(C(N)=O)C(=O)c1ccc(OC)cc1. The average molecular weight is 386 g/mol. The number of primary amides is 1. The molecule has 1 rings (SSSR count). The molecule has 1 aromatic carbocycles. The van der Waals surface area contributed by atoms with Crippen LogP contribution in [0.1, 0.15) is 51.3 Å². The van der Waals surface area contributed by atoms with E-state index in [0.29, 0.717) is 18.6 Å². The first kappa shape index (κ1) is 20.4. The number of benzene rings is 1. The van der Waals surface area contributed by atoms with Gasteiger partial charge in [0.05, 0.1) is 18.1 Å². The zero-order valence-electron chi connectivity index (χ0n) is 16.4. The Morgan fingerprint density at radius 1 is 1.19 bits per heavy atom. The van der Waals surface area contributed by atoms with Crippen molar-refractivity contribution in [3.05, 3.63) is 29.8 Å². The largest absolute Gasteiger partial charge is 0.497 e. The minimum atomic E-state index is -4.22. The summed E-state index contributed by atoms with van der Waals surface area (Å²) in [7, 11) is -2.77. The second-order valence-electron chi connectivity index (χ2n) is 6.19. The number of carbonyl (C=O) groups is 2. The zero-order chi connectivity index (χ0) is 20.9. The molecule has 1 aromatic rings. The van der Waals surface area contributed by atoms with Gasteiger partial charge in [-0.2, -0.15) is 0 Å². The van der Waals surface area contributed by atoms with E-state index in [2.05, 4.69) is 0 Å². The van der Waals surface area contributed by atoms with E-state index in [9.17, 15) is 18.0 Å². The summed E-state index contributed by atoms with van der Waals surface area (Å²) >= 11 is 0. The molecule has 8 heteroatoms. The molecule has 7 nitrogen and oxygen atoms in total. The van der Waals surface area contributed by atoms with Crippen LogP contribution in [-0.2, 0) is 14.6 Å². The van der Waals surface area contributed by atoms with Gasteiger partial charge in [0.15, 0.2) is 21.2 Å². The average Bonchev–Trinajstić information content (AvgIpc) is 2.60. The van der Waals surface area contributed by atoms with E-state index in [4.69, 9.17) is 17.6 Å². The summed E-state index contributed by atoms with van der Waals surface area (Å²) in [6.07, 6.45) is 1.08. The maximum absolute atomic E-state index is 12.9. The highest BCUT2D eigenvalue weighted by Gasteiger charge is 2.46. The number of ketones is 1. The maximum atomic E-state index is 12.9. The fraction of sp³-hybridized carbons (Fsp3) is 0.556. The van der Waals surface area contributed by atoms with E-state index in [1.54, 1.807) is 13.8 Å². The first-order valence-corrected chi connectivity index (χ1v) is 10.1. The molecule has 0 saturated heterocycles. The second-order valence-corrected chi connectivity index (χ2v) is 8.29. The molecular weight excluding hydrogens is 356 g/mol. The van der Waals surface area contributed by atoms with Crippen molar-refractivity contribution in [3.8, 4) is 5.75 Å². The highest BCUT2D eigenvalue weighted by atomic mass is 32.2. The van der Waals surface area contributed by atoms with Crippen molar-refractivity contribution in [2.24, 2.45) is 11.5 Å². The molecule has 0 aliphatic heterocycles. The molecule has 0 saturated carbocycles. The molecule has 4 N–H and O–H groups in total. The number of nitrogens with two attached hydrogens (primary N) is 2. The predicted molar refractivity (Wildman–Crippen MR) is 101 cm³/mol. The van der Waals surface area contributed by atoms with Gasteiger partial charge in [-0.3, -0.25) is 9.59 Å². The van der Waals surface area contributed by atoms with Crippen molar-refractivity contribution < 1.29 is 24.1 Å². The van der Waals surface area contributed by atoms with Crippen LogP contribution < -0.4 is 16.2 Å². The van der Waals surface area contributed by atoms with Gasteiger partial charge in [0.1, 0.15) is 5.75 Å². The highest BCUT2D eigenvalue weighted by Crippen LogP contribution is 2.22. The van der Waals surface area contributed by atoms with Crippen LogP contribution in [-0.4, -0.2) is 43.7 Å². The summed E-state index contributed by atoms with van der Waals surface area (Å²) < 4.78 is 39.3. The third-order valence-electron chi connectivity index (χ3n) is 4.11. The van der Waals surface area contributed by atoms with Crippen molar-refractivity contribution in [2.75, 3.05) is 12.9 Å². The first-order chi connectivity index (χ1) is 12.5. The molecule has 0 aliphatic carbocycles. The highest BCUT2D eigenvalue weighted by molar-refractivity contribution is 7.92. The van der Waals surface area contributed by atoms with Crippen LogP contribution in [0.25, 0.3) is 0 Å². The van der Waals surface area contributed by atoms with Crippen LogP contribution >= 0.6 is 0 Å². The summed E-state index contributed by atoms with van der Waals surface area (Å²) in [5, 5.41) is -1.82. The van der Waals surface area contributed by atoms with Gasteiger partial charge in [0.25, 0.3) is 0 Å². The fourth-order valence-electron chi connectivity index (χ4n) is 2.64. The predicted octanol–water partition coefficient (Wildman–Crippen LogP) is 1.44. The van der Waals surface area contributed by atoms with Gasteiger partial charge < -0.3 is 16.2 Å². The van der Waals surface area contributed by atoms with Gasteiger partial charge in [-0.05, 0) is 37.1 Å². The minimum absolute atomic E-state index is 0.0360. The van der Waals surface area contributed by atoms with Gasteiger partial charge in [-0.1, -0.05) is 26.7 Å². The lowest BCUT2D eigenvalue weighted by Gasteiger charge is -2.27. The van der Waals surface area contributed by atoms with Crippen molar-refractivity contribution in [1.82, 2.24) is 0 Å². The van der Waals surface area contributed by atoms with Gasteiger partial charge >= 0.3 is 0 Å². The molecule has 0 aromatic heterocycles. The fourth-order valence-corrected chi connectivity index (χ4v) is 4.75. The minimum Gasteiger partial charge on any atom is -0.497 e. The molecule has 0 spiro atoms. The molecule has 0 radical (unpaired) electrons. The molecule has 0 unspecified atom stereocenters. The molecule has 26 heavy (non-hydrogen) atoms. The van der Waals surface area contributed by atoms with Crippen molar-refractivity contribution in [2.45, 2.75) is 50.3 Å². The number of carbonyl (C=O) groups excluding carboxylic acids is 2. The molecule has 1 atom stereocenters. The van der Waals surface area contributed by atoms with Crippen LogP contribution in [0.4, 0.5) is 0 Å². The van der Waals surface area contributed by atoms with Gasteiger partial charge in [-0.15, -0.1) is 0 Å². The number of methoxy groups -OCH3 is 1. The Labute approximate surface area is 156 Å². The number of hydrogen-bond acceptors (Lipinski definition) is 6. The van der Waals surface area contributed by atoms with E-state index in [1.807, 2.05) is 0 Å². The summed E-state index contributed by atoms with van der Waals surface area (Å²) in [4.78, 5) is 24.8. The summed E-state index contributed by atoms with van der Waals surface area (Å²) in [5.41, 5.74) is 8.85. The van der Waals surface area contributed by atoms with E-state index in [-0.39, 0.29) is 18.4 Å². The monoisotopic (exact) mass is 385 g/mol. The Morgan fingerprint density at radius 2 is 1.69 bits per heavy atom. The van der Waals surface area contributed by atoms with Crippen molar-refractivity contribution in [3.63, 3.8) is 0 Å². The van der Waals surface area contributed by atoms with Gasteiger partial charge in [-0.25, -0.2) is 8.42 Å². The second kappa shape index (κ2) is 9.14. The van der Waals surface area contributed by atoms with Gasteiger partial charge in [0.2, 0.25) is 5.91 Å². The third-order valence-corrected chi connectivity index (χ3v) is 6.24. The molecule has 0 fully saturated rings. The molecular formula is C18H28N2O5S. The van der Waals surface area contributed by atoms with E-state index < -0.39 is 38.0 Å². The summed E-state index contributed by atoms with van der Waals surface area (Å²) in [6.45, 7) is 3.53. The molecule has 0 bridgehead atoms. The van der Waals surface area contributed by atoms with Crippen molar-refractivity contribution in [1.29, 1.82) is 0 Å². The van der Waals surface area contributed by atoms with E-state index >= 15 is 0 Å². The number of ether oxygens (including phenoxy) is 1. The number of Topliss-reactive ketones (excluding diaryl/α,β-unsaturated/α-hetero) is 1. The summed E-state index contributed by atoms with van der Waals surface area (Å²) in [6, 6.07) is 5.74. The lowest BCUT2D eigenvalue weighted by Crippen LogP contribution is -2.63. The molecule has 1 amide bonds. The lowest BCUT2D eigenvalue weighted by atomic mass is 9.91. The Hall–Kier alpha value is -1.93.